The molecule has 0 spiro atoms. The Kier molecular flexibility index (Phi) is 7.66. The molecule has 4 rings (SSSR count). The minimum atomic E-state index is -4.92. The molecule has 2 amide bonds. The number of pyridine rings is 1. The van der Waals surface area contributed by atoms with Gasteiger partial charge in [-0.1, -0.05) is 43.2 Å². The van der Waals surface area contributed by atoms with Gasteiger partial charge in [0.1, 0.15) is 11.4 Å². The Labute approximate surface area is 214 Å². The van der Waals surface area contributed by atoms with Crippen molar-refractivity contribution < 1.29 is 35.5 Å². The highest BCUT2D eigenvalue weighted by Crippen LogP contribution is 2.38. The average molecular weight is 539 g/mol. The monoisotopic (exact) mass is 539 g/mol. The molecule has 38 heavy (non-hydrogen) atoms. The van der Waals surface area contributed by atoms with Gasteiger partial charge in [-0.2, -0.15) is 26.3 Å². The van der Waals surface area contributed by atoms with Crippen LogP contribution in [-0.2, 0) is 24.3 Å². The summed E-state index contributed by atoms with van der Waals surface area (Å²) in [5.41, 5.74) is -4.32. The van der Waals surface area contributed by atoms with Crippen molar-refractivity contribution in [3.05, 3.63) is 101 Å². The van der Waals surface area contributed by atoms with Crippen molar-refractivity contribution in [1.29, 1.82) is 0 Å². The molecule has 202 valence electrons. The van der Waals surface area contributed by atoms with Crippen LogP contribution in [0.4, 0.5) is 35.5 Å². The van der Waals surface area contributed by atoms with E-state index in [4.69, 9.17) is 0 Å². The fourth-order valence-electron chi connectivity index (χ4n) is 4.72. The summed E-state index contributed by atoms with van der Waals surface area (Å²) in [6, 6.07) is 10.9. The lowest BCUT2D eigenvalue weighted by Gasteiger charge is -2.36. The number of nitrogens with one attached hydrogen (secondary N) is 2. The number of carbonyl (C=O) groups excluding carboxylic acids is 1. The van der Waals surface area contributed by atoms with Crippen LogP contribution in [-0.4, -0.2) is 17.1 Å². The van der Waals surface area contributed by atoms with Crippen LogP contribution in [0.3, 0.4) is 0 Å². The van der Waals surface area contributed by atoms with Crippen LogP contribution in [0, 0.1) is 5.82 Å². The Morgan fingerprint density at radius 1 is 0.842 bits per heavy atom. The van der Waals surface area contributed by atoms with Gasteiger partial charge in [-0.25, -0.2) is 9.18 Å². The van der Waals surface area contributed by atoms with Crippen LogP contribution in [0.1, 0.15) is 53.6 Å². The first kappa shape index (κ1) is 27.4. The molecule has 0 radical (unpaired) electrons. The lowest BCUT2D eigenvalue weighted by molar-refractivity contribution is -0.138. The summed E-state index contributed by atoms with van der Waals surface area (Å²) in [6.07, 6.45) is -6.14. The molecule has 0 aliphatic heterocycles. The molecule has 2 N–H and O–H groups in total. The summed E-state index contributed by atoms with van der Waals surface area (Å²) >= 11 is 0. The summed E-state index contributed by atoms with van der Waals surface area (Å²) in [4.78, 5) is 17.1. The molecule has 1 saturated carbocycles. The van der Waals surface area contributed by atoms with Gasteiger partial charge in [-0.3, -0.25) is 4.98 Å². The van der Waals surface area contributed by atoms with Crippen molar-refractivity contribution in [2.75, 3.05) is 0 Å². The first-order valence-corrected chi connectivity index (χ1v) is 11.9. The van der Waals surface area contributed by atoms with E-state index < -0.39 is 40.9 Å². The third-order valence-electron chi connectivity index (χ3n) is 6.58. The number of hydrogen-bond acceptors (Lipinski definition) is 2. The Morgan fingerprint density at radius 3 is 2.05 bits per heavy atom. The lowest BCUT2D eigenvalue weighted by Crippen LogP contribution is -2.54. The van der Waals surface area contributed by atoms with Crippen LogP contribution in [0.2, 0.25) is 0 Å². The molecule has 1 fully saturated rings. The van der Waals surface area contributed by atoms with Gasteiger partial charge in [-0.05, 0) is 54.3 Å². The van der Waals surface area contributed by atoms with Crippen molar-refractivity contribution in [3.63, 3.8) is 0 Å². The molecule has 0 saturated heterocycles. The summed E-state index contributed by atoms with van der Waals surface area (Å²) < 4.78 is 95.5. The lowest BCUT2D eigenvalue weighted by atomic mass is 9.79. The van der Waals surface area contributed by atoms with Crippen molar-refractivity contribution in [3.8, 4) is 0 Å². The maximum atomic E-state index is 14.6. The minimum absolute atomic E-state index is 0.178. The maximum absolute atomic E-state index is 14.6. The highest BCUT2D eigenvalue weighted by molar-refractivity contribution is 5.76. The van der Waals surface area contributed by atoms with Crippen molar-refractivity contribution in [2.24, 2.45) is 0 Å². The van der Waals surface area contributed by atoms with E-state index in [9.17, 15) is 35.5 Å². The Bertz CT molecular complexity index is 1250. The number of urea groups is 1. The number of halogens is 7. The van der Waals surface area contributed by atoms with Gasteiger partial charge in [0.2, 0.25) is 0 Å². The van der Waals surface area contributed by atoms with Crippen molar-refractivity contribution in [1.82, 2.24) is 15.6 Å². The van der Waals surface area contributed by atoms with Gasteiger partial charge in [0.25, 0.3) is 0 Å². The number of alkyl halides is 6. The van der Waals surface area contributed by atoms with Gasteiger partial charge in [0.15, 0.2) is 0 Å². The highest BCUT2D eigenvalue weighted by Gasteiger charge is 2.42. The van der Waals surface area contributed by atoms with Gasteiger partial charge in [0, 0.05) is 18.7 Å². The molecule has 2 aromatic carbocycles. The summed E-state index contributed by atoms with van der Waals surface area (Å²) in [7, 11) is 0. The van der Waals surface area contributed by atoms with E-state index in [0.717, 1.165) is 31.0 Å². The van der Waals surface area contributed by atoms with E-state index in [1.54, 1.807) is 30.3 Å². The van der Waals surface area contributed by atoms with Gasteiger partial charge in [0.05, 0.1) is 16.8 Å². The van der Waals surface area contributed by atoms with Crippen LogP contribution >= 0.6 is 0 Å². The van der Waals surface area contributed by atoms with E-state index in [2.05, 4.69) is 15.6 Å². The second-order valence-electron chi connectivity index (χ2n) is 9.30. The summed E-state index contributed by atoms with van der Waals surface area (Å²) in [6.45, 7) is 0. The Balaban J connectivity index is 1.91. The van der Waals surface area contributed by atoms with Crippen LogP contribution in [0.5, 0.6) is 0 Å². The minimum Gasteiger partial charge on any atom is -0.335 e. The third-order valence-corrected chi connectivity index (χ3v) is 6.58. The third kappa shape index (κ3) is 6.25. The van der Waals surface area contributed by atoms with E-state index in [0.29, 0.717) is 36.7 Å². The molecule has 1 atom stereocenters. The number of amides is 2. The van der Waals surface area contributed by atoms with Crippen LogP contribution in [0.25, 0.3) is 0 Å². The van der Waals surface area contributed by atoms with Crippen LogP contribution < -0.4 is 10.6 Å². The van der Waals surface area contributed by atoms with Crippen molar-refractivity contribution >= 4 is 6.03 Å². The Morgan fingerprint density at radius 2 is 1.47 bits per heavy atom. The Hall–Kier alpha value is -3.63. The number of carbonyl (C=O) groups is 1. The summed E-state index contributed by atoms with van der Waals surface area (Å²) in [5, 5.41) is 5.46. The maximum Gasteiger partial charge on any atom is 0.417 e. The molecule has 1 heterocycles. The molecule has 1 aromatic heterocycles. The summed E-state index contributed by atoms with van der Waals surface area (Å²) in [5.74, 6) is -1.22. The molecule has 11 heteroatoms. The molecular weight excluding hydrogens is 515 g/mol. The number of nitrogens with zero attached hydrogens (tertiary/aromatic N) is 1. The number of benzene rings is 2. The SMILES string of the molecule is O=C(NC1CCCC1)N[C@](Cc1ccccc1)(c1cc(F)cc(C(F)(F)F)c1)c1ccc(C(F)(F)F)cn1. The smallest absolute Gasteiger partial charge is 0.335 e. The predicted octanol–water partition coefficient (Wildman–Crippen LogP) is 6.99. The zero-order valence-electron chi connectivity index (χ0n) is 20.0. The average Bonchev–Trinajstić information content (AvgIpc) is 3.36. The second kappa shape index (κ2) is 10.6. The zero-order valence-corrected chi connectivity index (χ0v) is 20.0. The van der Waals surface area contributed by atoms with Crippen LogP contribution in [0.15, 0.2) is 66.9 Å². The molecule has 1 aliphatic carbocycles. The molecule has 3 aromatic rings. The first-order chi connectivity index (χ1) is 17.9. The fourth-order valence-corrected chi connectivity index (χ4v) is 4.72. The second-order valence-corrected chi connectivity index (χ2v) is 9.30. The topological polar surface area (TPSA) is 54.0 Å². The zero-order chi connectivity index (χ0) is 27.6. The largest absolute Gasteiger partial charge is 0.417 e. The van der Waals surface area contributed by atoms with E-state index in [1.165, 1.54) is 0 Å². The standard InChI is InChI=1S/C27H24F7N3O/c28-21-13-19(12-20(14-21)27(32,33)34)25(15-17-6-2-1-3-7-17,37-24(38)36-22-8-4-5-9-22)23-11-10-18(16-35-23)26(29,30)31/h1-3,6-7,10-14,16,22H,4-5,8-9,15H2,(H2,36,37,38)/t25-/m1/s1. The number of rotatable bonds is 6. The number of hydrogen-bond donors (Lipinski definition) is 2. The highest BCUT2D eigenvalue weighted by atomic mass is 19.4. The molecule has 0 unspecified atom stereocenters. The quantitative estimate of drug-likeness (QED) is 0.332. The first-order valence-electron chi connectivity index (χ1n) is 11.9. The van der Waals surface area contributed by atoms with Gasteiger partial charge < -0.3 is 10.6 Å². The number of aromatic nitrogens is 1. The normalized spacial score (nSPS) is 16.2. The van der Waals surface area contributed by atoms with Gasteiger partial charge >= 0.3 is 18.4 Å². The van der Waals surface area contributed by atoms with Gasteiger partial charge in [-0.15, -0.1) is 0 Å². The molecule has 4 nitrogen and oxygen atoms in total. The molecule has 0 bridgehead atoms. The molecular formula is C27H24F7N3O. The van der Waals surface area contributed by atoms with Crippen molar-refractivity contribution in [2.45, 2.75) is 56.0 Å². The van der Waals surface area contributed by atoms with E-state index >= 15 is 0 Å². The molecule has 1 aliphatic rings. The fraction of sp³-hybridized carbons (Fsp3) is 0.333. The van der Waals surface area contributed by atoms with E-state index in [1.807, 2.05) is 0 Å². The van der Waals surface area contributed by atoms with E-state index in [-0.39, 0.29) is 23.7 Å². The predicted molar refractivity (Wildman–Crippen MR) is 125 cm³/mol.